The zero-order valence-corrected chi connectivity index (χ0v) is 15.8. The number of nitrogens with one attached hydrogen (secondary N) is 2. The molecule has 2 N–H and O–H groups in total. The van der Waals surface area contributed by atoms with Crippen LogP contribution in [0.2, 0.25) is 0 Å². The number of amides is 1. The molecular weight excluding hydrogens is 403 g/mol. The number of hydrogen-bond acceptors (Lipinski definition) is 5. The molecular formula is C17H19ClF3N3O2S. The molecule has 1 saturated heterocycles. The molecule has 1 aromatic heterocycles. The molecule has 1 aliphatic rings. The first-order chi connectivity index (χ1) is 12.4. The molecule has 2 aromatic rings. The van der Waals surface area contributed by atoms with E-state index >= 15 is 0 Å². The van der Waals surface area contributed by atoms with Gasteiger partial charge in [0.05, 0.1) is 18.8 Å². The van der Waals surface area contributed by atoms with E-state index in [-0.39, 0.29) is 24.4 Å². The molecule has 0 spiro atoms. The lowest BCUT2D eigenvalue weighted by molar-refractivity contribution is -0.137. The predicted molar refractivity (Wildman–Crippen MR) is 99.5 cm³/mol. The summed E-state index contributed by atoms with van der Waals surface area (Å²) in [6.07, 6.45) is -1.95. The molecule has 10 heteroatoms. The number of halogens is 4. The number of carbonyl (C=O) groups is 1. The van der Waals surface area contributed by atoms with Gasteiger partial charge in [0, 0.05) is 36.5 Å². The fourth-order valence-electron chi connectivity index (χ4n) is 2.60. The first-order valence-electron chi connectivity index (χ1n) is 8.12. The molecule has 1 fully saturated rings. The predicted octanol–water partition coefficient (Wildman–Crippen LogP) is 3.49. The molecule has 148 valence electrons. The third-order valence-electron chi connectivity index (χ3n) is 3.89. The number of rotatable bonds is 5. The second kappa shape index (κ2) is 9.50. The fraction of sp³-hybridized carbons (Fsp3) is 0.412. The van der Waals surface area contributed by atoms with Crippen molar-refractivity contribution in [3.05, 3.63) is 46.5 Å². The maximum absolute atomic E-state index is 12.6. The first-order valence-corrected chi connectivity index (χ1v) is 8.93. The van der Waals surface area contributed by atoms with Crippen LogP contribution in [-0.4, -0.2) is 36.7 Å². The van der Waals surface area contributed by atoms with Crippen LogP contribution in [0.5, 0.6) is 0 Å². The monoisotopic (exact) mass is 421 g/mol. The van der Waals surface area contributed by atoms with E-state index in [4.69, 9.17) is 4.74 Å². The standard InChI is InChI=1S/C17H18F3N3O2S.ClH/c18-17(19,20)12-3-1-11(2-4-12)7-14-9-22-16(26-14)23-15(24)8-13-10-25-6-5-21-13;/h1-4,9,13,21H,5-8,10H2,(H,22,23,24);1H. The van der Waals surface area contributed by atoms with Gasteiger partial charge in [0.15, 0.2) is 5.13 Å². The van der Waals surface area contributed by atoms with Crippen LogP contribution in [0.25, 0.3) is 0 Å². The summed E-state index contributed by atoms with van der Waals surface area (Å²) < 4.78 is 43.0. The van der Waals surface area contributed by atoms with E-state index in [1.165, 1.54) is 23.5 Å². The summed E-state index contributed by atoms with van der Waals surface area (Å²) >= 11 is 1.31. The molecule has 1 unspecified atom stereocenters. The van der Waals surface area contributed by atoms with Gasteiger partial charge in [-0.15, -0.1) is 23.7 Å². The van der Waals surface area contributed by atoms with Crippen LogP contribution in [-0.2, 0) is 22.1 Å². The van der Waals surface area contributed by atoms with Crippen LogP contribution in [0.4, 0.5) is 18.3 Å². The third kappa shape index (κ3) is 6.46. The van der Waals surface area contributed by atoms with Crippen LogP contribution in [0.15, 0.2) is 30.5 Å². The van der Waals surface area contributed by atoms with Crippen LogP contribution in [0, 0.1) is 0 Å². The van der Waals surface area contributed by atoms with E-state index < -0.39 is 11.7 Å². The molecule has 0 aliphatic carbocycles. The molecule has 1 aromatic carbocycles. The molecule has 1 atom stereocenters. The number of carbonyl (C=O) groups excluding carboxylic acids is 1. The van der Waals surface area contributed by atoms with Gasteiger partial charge in [-0.1, -0.05) is 12.1 Å². The van der Waals surface area contributed by atoms with Gasteiger partial charge in [0.25, 0.3) is 0 Å². The highest BCUT2D eigenvalue weighted by Gasteiger charge is 2.29. The average molecular weight is 422 g/mol. The number of aromatic nitrogens is 1. The summed E-state index contributed by atoms with van der Waals surface area (Å²) in [7, 11) is 0. The van der Waals surface area contributed by atoms with Gasteiger partial charge in [0.2, 0.25) is 5.91 Å². The number of benzene rings is 1. The summed E-state index contributed by atoms with van der Waals surface area (Å²) in [6.45, 7) is 1.88. The molecule has 0 radical (unpaired) electrons. The number of anilines is 1. The quantitative estimate of drug-likeness (QED) is 0.775. The van der Waals surface area contributed by atoms with Crippen LogP contribution in [0.1, 0.15) is 22.4 Å². The second-order valence-electron chi connectivity index (χ2n) is 5.98. The van der Waals surface area contributed by atoms with E-state index in [2.05, 4.69) is 15.6 Å². The van der Waals surface area contributed by atoms with Gasteiger partial charge in [-0.2, -0.15) is 13.2 Å². The molecule has 0 saturated carbocycles. The number of morpholine rings is 1. The summed E-state index contributed by atoms with van der Waals surface area (Å²) in [5, 5.41) is 6.43. The molecule has 0 bridgehead atoms. The molecule has 5 nitrogen and oxygen atoms in total. The van der Waals surface area contributed by atoms with Crippen molar-refractivity contribution in [3.8, 4) is 0 Å². The van der Waals surface area contributed by atoms with Crippen LogP contribution in [0.3, 0.4) is 0 Å². The Morgan fingerprint density at radius 2 is 2.07 bits per heavy atom. The minimum atomic E-state index is -4.33. The van der Waals surface area contributed by atoms with Gasteiger partial charge in [0.1, 0.15) is 0 Å². The zero-order chi connectivity index (χ0) is 18.6. The Morgan fingerprint density at radius 3 is 2.70 bits per heavy atom. The maximum atomic E-state index is 12.6. The van der Waals surface area contributed by atoms with Crippen molar-refractivity contribution in [1.82, 2.24) is 10.3 Å². The van der Waals surface area contributed by atoms with Gasteiger partial charge in [-0.25, -0.2) is 4.98 Å². The fourth-order valence-corrected chi connectivity index (χ4v) is 3.47. The summed E-state index contributed by atoms with van der Waals surface area (Å²) in [4.78, 5) is 17.1. The number of thiazole rings is 1. The smallest absolute Gasteiger partial charge is 0.378 e. The van der Waals surface area contributed by atoms with Gasteiger partial charge < -0.3 is 15.4 Å². The summed E-state index contributed by atoms with van der Waals surface area (Å²) in [5.41, 5.74) is 0.0851. The molecule has 1 aliphatic heterocycles. The van der Waals surface area contributed by atoms with Gasteiger partial charge >= 0.3 is 6.18 Å². The highest BCUT2D eigenvalue weighted by Crippen LogP contribution is 2.30. The van der Waals surface area contributed by atoms with Crippen molar-refractivity contribution in [3.63, 3.8) is 0 Å². The lowest BCUT2D eigenvalue weighted by Gasteiger charge is -2.22. The van der Waals surface area contributed by atoms with E-state index in [0.717, 1.165) is 29.1 Å². The molecule has 3 rings (SSSR count). The van der Waals surface area contributed by atoms with Crippen molar-refractivity contribution in [2.45, 2.75) is 25.1 Å². The lowest BCUT2D eigenvalue weighted by atomic mass is 10.1. The second-order valence-corrected chi connectivity index (χ2v) is 7.10. The Kier molecular flexibility index (Phi) is 7.60. The van der Waals surface area contributed by atoms with Crippen molar-refractivity contribution in [1.29, 1.82) is 0 Å². The number of hydrogen-bond donors (Lipinski definition) is 2. The van der Waals surface area contributed by atoms with Gasteiger partial charge in [-0.3, -0.25) is 4.79 Å². The minimum Gasteiger partial charge on any atom is -0.378 e. The number of ether oxygens (including phenoxy) is 1. The van der Waals surface area contributed by atoms with Crippen molar-refractivity contribution >= 4 is 34.8 Å². The maximum Gasteiger partial charge on any atom is 0.416 e. The zero-order valence-electron chi connectivity index (χ0n) is 14.2. The van der Waals surface area contributed by atoms with Gasteiger partial charge in [-0.05, 0) is 17.7 Å². The number of alkyl halides is 3. The van der Waals surface area contributed by atoms with E-state index in [1.807, 2.05) is 0 Å². The minimum absolute atomic E-state index is 0. The van der Waals surface area contributed by atoms with Crippen molar-refractivity contribution in [2.75, 3.05) is 25.1 Å². The highest BCUT2D eigenvalue weighted by atomic mass is 35.5. The lowest BCUT2D eigenvalue weighted by Crippen LogP contribution is -2.43. The normalized spacial score (nSPS) is 17.2. The van der Waals surface area contributed by atoms with Crippen molar-refractivity contribution in [2.24, 2.45) is 0 Å². The summed E-state index contributed by atoms with van der Waals surface area (Å²) in [6, 6.07) is 5.04. The highest BCUT2D eigenvalue weighted by molar-refractivity contribution is 7.15. The van der Waals surface area contributed by atoms with Crippen LogP contribution >= 0.6 is 23.7 Å². The molecule has 27 heavy (non-hydrogen) atoms. The first kappa shape index (κ1) is 21.6. The summed E-state index contributed by atoms with van der Waals surface area (Å²) in [5.74, 6) is -0.150. The molecule has 1 amide bonds. The topological polar surface area (TPSA) is 63.2 Å². The largest absolute Gasteiger partial charge is 0.416 e. The Labute approximate surface area is 164 Å². The Morgan fingerprint density at radius 1 is 1.33 bits per heavy atom. The van der Waals surface area contributed by atoms with E-state index in [9.17, 15) is 18.0 Å². The van der Waals surface area contributed by atoms with E-state index in [1.54, 1.807) is 6.20 Å². The third-order valence-corrected chi connectivity index (χ3v) is 4.80. The van der Waals surface area contributed by atoms with Crippen LogP contribution < -0.4 is 10.6 Å². The Bertz CT molecular complexity index is 747. The molecule has 2 heterocycles. The average Bonchev–Trinajstić information content (AvgIpc) is 3.02. The van der Waals surface area contributed by atoms with Crippen molar-refractivity contribution < 1.29 is 22.7 Å². The SMILES string of the molecule is Cl.O=C(CC1COCCN1)Nc1ncc(Cc2ccc(C(F)(F)F)cc2)s1. The Hall–Kier alpha value is -1.68. The number of nitrogens with zero attached hydrogens (tertiary/aromatic N) is 1. The van der Waals surface area contributed by atoms with E-state index in [0.29, 0.717) is 31.2 Å². The Balaban J connectivity index is 0.00000261.